The van der Waals surface area contributed by atoms with Crippen molar-refractivity contribution < 1.29 is 39.2 Å². The Labute approximate surface area is 409 Å². The van der Waals surface area contributed by atoms with E-state index in [4.69, 9.17) is 5.11 Å². The highest BCUT2D eigenvalue weighted by Crippen LogP contribution is 2.33. The summed E-state index contributed by atoms with van der Waals surface area (Å²) in [6, 6.07) is 52.5. The number of esters is 1. The highest BCUT2D eigenvalue weighted by atomic mass is 16.5. The summed E-state index contributed by atoms with van der Waals surface area (Å²) in [5.74, 6) is -2.18. The molecule has 71 heavy (non-hydrogen) atoms. The summed E-state index contributed by atoms with van der Waals surface area (Å²) in [5.41, 5.74) is 7.81. The number of rotatable bonds is 14. The monoisotopic (exact) mass is 942 g/mol. The first-order chi connectivity index (χ1) is 34.4. The Kier molecular flexibility index (Phi) is 13.4. The average molecular weight is 943 g/mol. The van der Waals surface area contributed by atoms with Crippen LogP contribution in [0.3, 0.4) is 0 Å². The molecule has 0 aliphatic rings. The van der Waals surface area contributed by atoms with Crippen molar-refractivity contribution in [1.29, 1.82) is 0 Å². The number of nitrogens with zero attached hydrogens (tertiary/aromatic N) is 2. The first-order valence-electron chi connectivity index (χ1n) is 23.1. The highest BCUT2D eigenvalue weighted by molar-refractivity contribution is 6.23. The molecule has 0 atom stereocenters. The number of aromatic nitrogens is 2. The molecule has 0 bridgehead atoms. The van der Waals surface area contributed by atoms with Gasteiger partial charge in [-0.05, 0) is 71.8 Å². The van der Waals surface area contributed by atoms with Crippen LogP contribution < -0.4 is 10.6 Å². The standard InChI is InChI=1S/C30H26N2O4.C29H24N2O4/c1-19-28(29(34)23-12-7-9-20-8-3-4-10-22(20)23)24-11-5-6-13-26(24)32(19)17-16-31-21-14-15-25(27(33)18-21)30(35)36-2;1-18-27(28(33)22-11-6-8-19-7-2-3-9-21(19)22)23-10-4-5-12-25(23)31(18)16-15-30-20-13-14-24(29(34)35)26(32)17-20/h3-15,18,31,33H,16-17H2,1-2H3;2-14,17,30,32H,15-16H2,1H3,(H,34,35). The van der Waals surface area contributed by atoms with Gasteiger partial charge in [0.2, 0.25) is 0 Å². The van der Waals surface area contributed by atoms with Crippen molar-refractivity contribution in [1.82, 2.24) is 9.13 Å². The smallest absolute Gasteiger partial charge is 0.341 e. The molecule has 10 aromatic rings. The number of carboxylic acids is 1. The van der Waals surface area contributed by atoms with Gasteiger partial charge in [-0.15, -0.1) is 0 Å². The van der Waals surface area contributed by atoms with E-state index in [9.17, 15) is 29.4 Å². The lowest BCUT2D eigenvalue weighted by Crippen LogP contribution is -2.13. The fourth-order valence-corrected chi connectivity index (χ4v) is 9.50. The van der Waals surface area contributed by atoms with Crippen LogP contribution >= 0.6 is 0 Å². The summed E-state index contributed by atoms with van der Waals surface area (Å²) in [4.78, 5) is 50.5. The van der Waals surface area contributed by atoms with Crippen molar-refractivity contribution in [3.63, 3.8) is 0 Å². The fourth-order valence-electron chi connectivity index (χ4n) is 9.50. The summed E-state index contributed by atoms with van der Waals surface area (Å²) in [6.45, 7) is 6.21. The third-order valence-electron chi connectivity index (χ3n) is 12.9. The molecule has 0 aliphatic carbocycles. The van der Waals surface area contributed by atoms with Gasteiger partial charge in [0, 0.05) is 94.0 Å². The zero-order valence-corrected chi connectivity index (χ0v) is 39.3. The number of carboxylic acid groups (broad SMARTS) is 1. The number of para-hydroxylation sites is 2. The zero-order chi connectivity index (χ0) is 49.8. The number of carbonyl (C=O) groups excluding carboxylic acids is 3. The van der Waals surface area contributed by atoms with E-state index >= 15 is 0 Å². The van der Waals surface area contributed by atoms with E-state index < -0.39 is 11.9 Å². The van der Waals surface area contributed by atoms with Crippen LogP contribution in [-0.2, 0) is 17.8 Å². The van der Waals surface area contributed by atoms with Crippen LogP contribution in [0, 0.1) is 13.8 Å². The largest absolute Gasteiger partial charge is 0.507 e. The molecule has 8 aromatic carbocycles. The van der Waals surface area contributed by atoms with Crippen LogP contribution in [0.5, 0.6) is 11.5 Å². The SMILES string of the molecule is COC(=O)c1ccc(NCCn2c(C)c(C(=O)c3cccc4ccccc34)c3ccccc32)cc1O.Cc1c(C(=O)c2cccc3ccccc23)c2ccccc2n1CCNc1ccc(C(=O)O)c(O)c1. The Bertz CT molecular complexity index is 3690. The molecule has 5 N–H and O–H groups in total. The van der Waals surface area contributed by atoms with Gasteiger partial charge >= 0.3 is 11.9 Å². The molecule has 0 radical (unpaired) electrons. The van der Waals surface area contributed by atoms with Crippen LogP contribution in [0.15, 0.2) is 170 Å². The highest BCUT2D eigenvalue weighted by Gasteiger charge is 2.24. The molecule has 0 fully saturated rings. The van der Waals surface area contributed by atoms with E-state index in [0.717, 1.165) is 54.7 Å². The molecular weight excluding hydrogens is 893 g/mol. The number of methoxy groups -OCH3 is 1. The molecule has 2 heterocycles. The van der Waals surface area contributed by atoms with E-state index in [-0.39, 0.29) is 34.2 Å². The van der Waals surface area contributed by atoms with Gasteiger partial charge in [-0.1, -0.05) is 121 Å². The third-order valence-corrected chi connectivity index (χ3v) is 12.9. The van der Waals surface area contributed by atoms with Gasteiger partial charge < -0.3 is 39.8 Å². The molecule has 0 amide bonds. The van der Waals surface area contributed by atoms with Crippen LogP contribution in [0.25, 0.3) is 43.4 Å². The van der Waals surface area contributed by atoms with Crippen molar-refractivity contribution in [3.05, 3.63) is 215 Å². The summed E-state index contributed by atoms with van der Waals surface area (Å²) in [7, 11) is 1.27. The summed E-state index contributed by atoms with van der Waals surface area (Å²) >= 11 is 0. The van der Waals surface area contributed by atoms with Gasteiger partial charge in [-0.2, -0.15) is 0 Å². The number of phenolic OH excluding ortho intramolecular Hbond substituents is 1. The van der Waals surface area contributed by atoms with E-state index in [2.05, 4.69) is 24.5 Å². The minimum Gasteiger partial charge on any atom is -0.507 e. The quantitative estimate of drug-likeness (QED) is 0.0522. The third kappa shape index (κ3) is 9.26. The van der Waals surface area contributed by atoms with Gasteiger partial charge in [0.25, 0.3) is 0 Å². The summed E-state index contributed by atoms with van der Waals surface area (Å²) in [5, 5.41) is 41.5. The Morgan fingerprint density at radius 2 is 0.873 bits per heavy atom. The molecule has 354 valence electrons. The van der Waals surface area contributed by atoms with Gasteiger partial charge in [0.05, 0.1) is 18.2 Å². The number of fused-ring (bicyclic) bond motifs is 4. The summed E-state index contributed by atoms with van der Waals surface area (Å²) in [6.07, 6.45) is 0. The first-order valence-corrected chi connectivity index (χ1v) is 23.1. The minimum absolute atomic E-state index is 0.00334. The molecule has 10 rings (SSSR count). The van der Waals surface area contributed by atoms with Gasteiger partial charge in [0.1, 0.15) is 22.6 Å². The second-order valence-electron chi connectivity index (χ2n) is 17.1. The number of aromatic hydroxyl groups is 2. The number of aromatic carboxylic acids is 1. The van der Waals surface area contributed by atoms with Crippen molar-refractivity contribution in [2.75, 3.05) is 30.8 Å². The van der Waals surface area contributed by atoms with E-state index in [1.54, 1.807) is 12.1 Å². The number of benzene rings is 8. The predicted octanol–water partition coefficient (Wildman–Crippen LogP) is 11.8. The maximum atomic E-state index is 13.9. The van der Waals surface area contributed by atoms with Crippen LogP contribution in [0.1, 0.15) is 63.9 Å². The lowest BCUT2D eigenvalue weighted by atomic mass is 9.95. The van der Waals surface area contributed by atoms with Crippen LogP contribution in [0.2, 0.25) is 0 Å². The molecule has 0 unspecified atom stereocenters. The predicted molar refractivity (Wildman–Crippen MR) is 280 cm³/mol. The molecule has 12 heteroatoms. The minimum atomic E-state index is -1.17. The van der Waals surface area contributed by atoms with E-state index in [0.29, 0.717) is 59.8 Å². The number of nitrogens with one attached hydrogen (secondary N) is 2. The Morgan fingerprint density at radius 3 is 1.30 bits per heavy atom. The molecule has 0 aliphatic heterocycles. The first kappa shape index (κ1) is 46.9. The van der Waals surface area contributed by atoms with Crippen molar-refractivity contribution in [2.45, 2.75) is 26.9 Å². The summed E-state index contributed by atoms with van der Waals surface area (Å²) < 4.78 is 8.94. The lowest BCUT2D eigenvalue weighted by Gasteiger charge is -2.12. The number of phenols is 2. The number of hydrogen-bond acceptors (Lipinski definition) is 9. The number of hydrogen-bond donors (Lipinski definition) is 5. The average Bonchev–Trinajstić information content (AvgIpc) is 3.83. The maximum absolute atomic E-state index is 13.9. The van der Waals surface area contributed by atoms with Crippen molar-refractivity contribution in [3.8, 4) is 11.5 Å². The molecular formula is C59H50N4O8. The molecule has 12 nitrogen and oxygen atoms in total. The lowest BCUT2D eigenvalue weighted by molar-refractivity contribution is 0.0596. The van der Waals surface area contributed by atoms with Crippen LogP contribution in [0.4, 0.5) is 11.4 Å². The maximum Gasteiger partial charge on any atom is 0.341 e. The Hall–Kier alpha value is -9.16. The second-order valence-corrected chi connectivity index (χ2v) is 17.1. The Morgan fingerprint density at radius 1 is 0.479 bits per heavy atom. The van der Waals surface area contributed by atoms with Gasteiger partial charge in [0.15, 0.2) is 11.6 Å². The molecule has 0 saturated carbocycles. The zero-order valence-electron chi connectivity index (χ0n) is 39.3. The number of ether oxygens (including phenoxy) is 1. The number of carbonyl (C=O) groups is 4. The number of anilines is 2. The van der Waals surface area contributed by atoms with Crippen molar-refractivity contribution in [2.24, 2.45) is 0 Å². The van der Waals surface area contributed by atoms with E-state index in [1.165, 1.54) is 31.4 Å². The second kappa shape index (κ2) is 20.2. The van der Waals surface area contributed by atoms with Crippen molar-refractivity contribution >= 4 is 78.2 Å². The molecule has 0 spiro atoms. The molecule has 0 saturated heterocycles. The van der Waals surface area contributed by atoms with E-state index in [1.807, 2.05) is 147 Å². The fraction of sp³-hybridized carbons (Fsp3) is 0.119. The topological polar surface area (TPSA) is 172 Å². The normalized spacial score (nSPS) is 11.1. The molecule has 2 aromatic heterocycles. The number of ketones is 2. The van der Waals surface area contributed by atoms with Crippen LogP contribution in [-0.4, -0.2) is 68.2 Å². The Balaban J connectivity index is 0.000000176. The van der Waals surface area contributed by atoms with Gasteiger partial charge in [-0.3, -0.25) is 9.59 Å². The van der Waals surface area contributed by atoms with Gasteiger partial charge in [-0.25, -0.2) is 9.59 Å².